The summed E-state index contributed by atoms with van der Waals surface area (Å²) in [5.74, 6) is 0.833. The molecule has 0 saturated carbocycles. The first-order valence-electron chi connectivity index (χ1n) is 7.57. The molecule has 22 heavy (non-hydrogen) atoms. The Morgan fingerprint density at radius 2 is 2.05 bits per heavy atom. The van der Waals surface area contributed by atoms with Gasteiger partial charge in [0.1, 0.15) is 24.3 Å². The minimum absolute atomic E-state index is 0.0355. The smallest absolute Gasteiger partial charge is 0.323 e. The van der Waals surface area contributed by atoms with Crippen LogP contribution in [0.5, 0.6) is 0 Å². The molecule has 8 heteroatoms. The Balaban J connectivity index is 1.44. The summed E-state index contributed by atoms with van der Waals surface area (Å²) in [6.45, 7) is 5.33. The number of ether oxygens (including phenoxy) is 1. The average Bonchev–Trinajstić information content (AvgIpc) is 3.12. The van der Waals surface area contributed by atoms with Crippen LogP contribution in [-0.2, 0) is 9.53 Å². The van der Waals surface area contributed by atoms with E-state index in [2.05, 4.69) is 25.1 Å². The number of anilines is 1. The second kappa shape index (κ2) is 5.20. The van der Waals surface area contributed by atoms with Crippen LogP contribution in [-0.4, -0.2) is 69.0 Å². The van der Waals surface area contributed by atoms with Crippen LogP contribution in [0.4, 0.5) is 5.82 Å². The molecule has 0 N–H and O–H groups in total. The predicted molar refractivity (Wildman–Crippen MR) is 78.5 cm³/mol. The van der Waals surface area contributed by atoms with Gasteiger partial charge >= 0.3 is 5.97 Å². The third-order valence-electron chi connectivity index (χ3n) is 4.37. The first kappa shape index (κ1) is 13.4. The standard InChI is InChI=1S/C14H18N6O2/c1-10-8-11(14(21)22-10)18-4-6-19(7-5-18)13-3-2-12-16-15-9-20(12)17-13/h2-3,9-11H,4-8H2,1H3/t10-,11+/m0/s1. The number of piperazine rings is 1. The number of hydrogen-bond donors (Lipinski definition) is 0. The Hall–Kier alpha value is -2.22. The van der Waals surface area contributed by atoms with Crippen LogP contribution in [0.3, 0.4) is 0 Å². The highest BCUT2D eigenvalue weighted by Gasteiger charge is 2.37. The van der Waals surface area contributed by atoms with Gasteiger partial charge in [0.2, 0.25) is 0 Å². The lowest BCUT2D eigenvalue weighted by atomic mass is 10.1. The van der Waals surface area contributed by atoms with Gasteiger partial charge in [0, 0.05) is 32.6 Å². The van der Waals surface area contributed by atoms with E-state index in [4.69, 9.17) is 4.74 Å². The van der Waals surface area contributed by atoms with Crippen LogP contribution < -0.4 is 4.90 Å². The van der Waals surface area contributed by atoms with Crippen LogP contribution in [0.2, 0.25) is 0 Å². The van der Waals surface area contributed by atoms with Gasteiger partial charge in [-0.3, -0.25) is 9.69 Å². The predicted octanol–water partition coefficient (Wildman–Crippen LogP) is -0.0497. The number of carbonyl (C=O) groups excluding carboxylic acids is 1. The number of esters is 1. The van der Waals surface area contributed by atoms with Crippen LogP contribution in [0.1, 0.15) is 13.3 Å². The van der Waals surface area contributed by atoms with E-state index in [1.165, 1.54) is 0 Å². The highest BCUT2D eigenvalue weighted by molar-refractivity contribution is 5.78. The van der Waals surface area contributed by atoms with Crippen LogP contribution in [0, 0.1) is 0 Å². The van der Waals surface area contributed by atoms with Crippen LogP contribution in [0.15, 0.2) is 18.5 Å². The molecule has 2 fully saturated rings. The minimum atomic E-state index is -0.0787. The van der Waals surface area contributed by atoms with Crippen molar-refractivity contribution in [2.45, 2.75) is 25.5 Å². The molecule has 0 bridgehead atoms. The largest absolute Gasteiger partial charge is 0.461 e. The molecular formula is C14H18N6O2. The summed E-state index contributed by atoms with van der Waals surface area (Å²) in [4.78, 5) is 16.3. The molecule has 0 radical (unpaired) electrons. The van der Waals surface area contributed by atoms with Crippen molar-refractivity contribution in [1.82, 2.24) is 24.7 Å². The first-order chi connectivity index (χ1) is 10.7. The molecule has 116 valence electrons. The van der Waals surface area contributed by atoms with E-state index in [1.54, 1.807) is 10.8 Å². The lowest BCUT2D eigenvalue weighted by Gasteiger charge is -2.37. The first-order valence-corrected chi connectivity index (χ1v) is 7.57. The summed E-state index contributed by atoms with van der Waals surface area (Å²) in [6, 6.07) is 3.80. The lowest BCUT2D eigenvalue weighted by molar-refractivity contribution is -0.144. The fourth-order valence-corrected chi connectivity index (χ4v) is 3.18. The van der Waals surface area contributed by atoms with Gasteiger partial charge in [-0.1, -0.05) is 0 Å². The number of fused-ring (bicyclic) bond motifs is 1. The third-order valence-corrected chi connectivity index (χ3v) is 4.37. The Labute approximate surface area is 127 Å². The summed E-state index contributed by atoms with van der Waals surface area (Å²) in [5, 5.41) is 12.3. The van der Waals surface area contributed by atoms with E-state index in [-0.39, 0.29) is 18.1 Å². The maximum absolute atomic E-state index is 11.8. The normalized spacial score (nSPS) is 26.6. The minimum Gasteiger partial charge on any atom is -0.461 e. The Morgan fingerprint density at radius 1 is 1.23 bits per heavy atom. The highest BCUT2D eigenvalue weighted by atomic mass is 16.6. The van der Waals surface area contributed by atoms with Crippen molar-refractivity contribution in [3.63, 3.8) is 0 Å². The summed E-state index contributed by atoms with van der Waals surface area (Å²) in [7, 11) is 0. The molecule has 2 aromatic rings. The van der Waals surface area contributed by atoms with Crippen molar-refractivity contribution < 1.29 is 9.53 Å². The van der Waals surface area contributed by atoms with Gasteiger partial charge in [0.25, 0.3) is 0 Å². The van der Waals surface area contributed by atoms with Crippen molar-refractivity contribution in [3.8, 4) is 0 Å². The highest BCUT2D eigenvalue weighted by Crippen LogP contribution is 2.22. The average molecular weight is 302 g/mol. The fourth-order valence-electron chi connectivity index (χ4n) is 3.18. The van der Waals surface area contributed by atoms with Gasteiger partial charge < -0.3 is 9.64 Å². The summed E-state index contributed by atoms with van der Waals surface area (Å²) in [5.41, 5.74) is 0.741. The molecule has 2 aromatic heterocycles. The zero-order valence-corrected chi connectivity index (χ0v) is 12.4. The Morgan fingerprint density at radius 3 is 2.77 bits per heavy atom. The van der Waals surface area contributed by atoms with E-state index in [9.17, 15) is 4.79 Å². The summed E-state index contributed by atoms with van der Waals surface area (Å²) >= 11 is 0. The van der Waals surface area contributed by atoms with E-state index >= 15 is 0 Å². The molecule has 0 amide bonds. The number of nitrogens with zero attached hydrogens (tertiary/aromatic N) is 6. The van der Waals surface area contributed by atoms with Crippen molar-refractivity contribution in [2.24, 2.45) is 0 Å². The molecule has 8 nitrogen and oxygen atoms in total. The second-order valence-electron chi connectivity index (χ2n) is 5.85. The van der Waals surface area contributed by atoms with Gasteiger partial charge in [-0.15, -0.1) is 15.3 Å². The van der Waals surface area contributed by atoms with Crippen molar-refractivity contribution >= 4 is 17.4 Å². The van der Waals surface area contributed by atoms with Crippen molar-refractivity contribution in [2.75, 3.05) is 31.1 Å². The van der Waals surface area contributed by atoms with Gasteiger partial charge in [-0.05, 0) is 19.1 Å². The molecule has 4 heterocycles. The van der Waals surface area contributed by atoms with E-state index < -0.39 is 0 Å². The lowest BCUT2D eigenvalue weighted by Crippen LogP contribution is -2.52. The molecule has 2 aliphatic heterocycles. The number of carbonyl (C=O) groups is 1. The molecule has 2 atom stereocenters. The third kappa shape index (κ3) is 2.29. The van der Waals surface area contributed by atoms with Gasteiger partial charge in [-0.25, -0.2) is 0 Å². The monoisotopic (exact) mass is 302 g/mol. The molecule has 0 aromatic carbocycles. The second-order valence-corrected chi connectivity index (χ2v) is 5.85. The maximum Gasteiger partial charge on any atom is 0.323 e. The van der Waals surface area contributed by atoms with Crippen molar-refractivity contribution in [3.05, 3.63) is 18.5 Å². The van der Waals surface area contributed by atoms with E-state index in [0.717, 1.165) is 44.1 Å². The van der Waals surface area contributed by atoms with Crippen molar-refractivity contribution in [1.29, 1.82) is 0 Å². The number of hydrogen-bond acceptors (Lipinski definition) is 7. The Kier molecular flexibility index (Phi) is 3.18. The quantitative estimate of drug-likeness (QED) is 0.720. The summed E-state index contributed by atoms with van der Waals surface area (Å²) in [6.07, 6.45) is 2.43. The SMILES string of the molecule is C[C@H]1C[C@@H](N2CCN(c3ccc4nncn4n3)CC2)C(=O)O1. The van der Waals surface area contributed by atoms with Gasteiger partial charge in [0.15, 0.2) is 5.65 Å². The number of aromatic nitrogens is 4. The van der Waals surface area contributed by atoms with Crippen LogP contribution in [0.25, 0.3) is 5.65 Å². The molecule has 2 saturated heterocycles. The molecular weight excluding hydrogens is 284 g/mol. The summed E-state index contributed by atoms with van der Waals surface area (Å²) < 4.78 is 6.93. The topological polar surface area (TPSA) is 75.9 Å². The number of cyclic esters (lactones) is 1. The Bertz CT molecular complexity index is 693. The van der Waals surface area contributed by atoms with Gasteiger partial charge in [0.05, 0.1) is 0 Å². The zero-order chi connectivity index (χ0) is 15.1. The molecule has 0 unspecified atom stereocenters. The van der Waals surface area contributed by atoms with Gasteiger partial charge in [-0.2, -0.15) is 4.52 Å². The van der Waals surface area contributed by atoms with E-state index in [0.29, 0.717) is 0 Å². The maximum atomic E-state index is 11.8. The zero-order valence-electron chi connectivity index (χ0n) is 12.4. The fraction of sp³-hybridized carbons (Fsp3) is 0.571. The number of rotatable bonds is 2. The molecule has 2 aliphatic rings. The van der Waals surface area contributed by atoms with E-state index in [1.807, 2.05) is 19.1 Å². The molecule has 0 aliphatic carbocycles. The molecule has 4 rings (SSSR count). The molecule has 0 spiro atoms. The van der Waals surface area contributed by atoms with Crippen LogP contribution >= 0.6 is 0 Å².